The summed E-state index contributed by atoms with van der Waals surface area (Å²) in [5.74, 6) is 5.82. The van der Waals surface area contributed by atoms with Crippen molar-refractivity contribution in [2.45, 2.75) is 111 Å². The van der Waals surface area contributed by atoms with Crippen molar-refractivity contribution in [3.8, 4) is 0 Å². The Morgan fingerprint density at radius 1 is 0.931 bits per heavy atom. The standard InChI is InChI=1S/C27H46O2/c1-17(2)25(29)11-6-18(3)22-9-10-23-21-8-7-19-16-20(28)12-14-26(19,4)24(21)13-15-27(22,23)5/h17-19,21-25,29H,6-16H2,1-5H3/t18-,19+,21+,22-,23+,24+,25?,26+,27-/m1/s1. The molecule has 2 nitrogen and oxygen atoms in total. The summed E-state index contributed by atoms with van der Waals surface area (Å²) in [7, 11) is 0. The van der Waals surface area contributed by atoms with E-state index in [0.29, 0.717) is 28.4 Å². The third-order valence-electron chi connectivity index (χ3n) is 10.9. The molecule has 4 fully saturated rings. The molecule has 0 bridgehead atoms. The lowest BCUT2D eigenvalue weighted by atomic mass is 9.44. The summed E-state index contributed by atoms with van der Waals surface area (Å²) in [5.41, 5.74) is 0.945. The first-order valence-electron chi connectivity index (χ1n) is 12.9. The largest absolute Gasteiger partial charge is 0.393 e. The Balaban J connectivity index is 1.46. The Hall–Kier alpha value is -0.370. The second-order valence-corrected chi connectivity index (χ2v) is 12.5. The predicted molar refractivity (Wildman–Crippen MR) is 119 cm³/mol. The molecule has 0 spiro atoms. The van der Waals surface area contributed by atoms with Crippen LogP contribution in [-0.4, -0.2) is 17.0 Å². The number of hydrogen-bond donors (Lipinski definition) is 1. The molecule has 0 amide bonds. The molecular formula is C27H46O2. The molecule has 1 unspecified atom stereocenters. The molecule has 4 aliphatic carbocycles. The zero-order chi connectivity index (χ0) is 21.0. The van der Waals surface area contributed by atoms with Gasteiger partial charge in [-0.25, -0.2) is 0 Å². The SMILES string of the molecule is CC(C)C(O)CC[C@@H](C)[C@H]1CC[C@H]2[C@@H]3CC[C@H]4CC(=O)CC[C@]4(C)[C@H]3CC[C@]12C. The number of aliphatic hydroxyl groups excluding tert-OH is 1. The number of hydrogen-bond acceptors (Lipinski definition) is 2. The minimum Gasteiger partial charge on any atom is -0.393 e. The van der Waals surface area contributed by atoms with E-state index in [9.17, 15) is 9.90 Å². The van der Waals surface area contributed by atoms with Crippen LogP contribution in [0.25, 0.3) is 0 Å². The van der Waals surface area contributed by atoms with Gasteiger partial charge in [0.05, 0.1) is 6.10 Å². The number of rotatable bonds is 5. The first-order chi connectivity index (χ1) is 13.7. The molecule has 4 rings (SSSR count). The average molecular weight is 403 g/mol. The molecule has 4 saturated carbocycles. The van der Waals surface area contributed by atoms with Crippen LogP contribution in [0, 0.1) is 52.3 Å². The van der Waals surface area contributed by atoms with Crippen molar-refractivity contribution in [1.29, 1.82) is 0 Å². The molecule has 1 N–H and O–H groups in total. The van der Waals surface area contributed by atoms with Gasteiger partial charge < -0.3 is 5.11 Å². The zero-order valence-electron chi connectivity index (χ0n) is 19.8. The Kier molecular flexibility index (Phi) is 5.99. The molecule has 9 atom stereocenters. The molecule has 29 heavy (non-hydrogen) atoms. The van der Waals surface area contributed by atoms with Crippen LogP contribution in [0.15, 0.2) is 0 Å². The third-order valence-corrected chi connectivity index (χ3v) is 10.9. The smallest absolute Gasteiger partial charge is 0.133 e. The van der Waals surface area contributed by atoms with Crippen LogP contribution >= 0.6 is 0 Å². The fourth-order valence-electron chi connectivity index (χ4n) is 8.99. The van der Waals surface area contributed by atoms with E-state index in [2.05, 4.69) is 34.6 Å². The topological polar surface area (TPSA) is 37.3 Å². The van der Waals surface area contributed by atoms with Gasteiger partial charge >= 0.3 is 0 Å². The van der Waals surface area contributed by atoms with Crippen LogP contribution in [0.1, 0.15) is 105 Å². The van der Waals surface area contributed by atoms with Crippen molar-refractivity contribution >= 4 is 5.78 Å². The highest BCUT2D eigenvalue weighted by Crippen LogP contribution is 2.68. The molecule has 0 aromatic heterocycles. The molecule has 0 radical (unpaired) electrons. The molecular weight excluding hydrogens is 356 g/mol. The van der Waals surface area contributed by atoms with Crippen LogP contribution in [0.3, 0.4) is 0 Å². The molecule has 0 heterocycles. The Labute approximate surface area is 179 Å². The molecule has 166 valence electrons. The van der Waals surface area contributed by atoms with Crippen molar-refractivity contribution in [2.24, 2.45) is 52.3 Å². The van der Waals surface area contributed by atoms with Crippen LogP contribution in [0.5, 0.6) is 0 Å². The molecule has 0 aliphatic heterocycles. The fraction of sp³-hybridized carbons (Fsp3) is 0.963. The normalized spacial score (nSPS) is 46.7. The Morgan fingerprint density at radius 3 is 2.38 bits per heavy atom. The molecule has 4 aliphatic rings. The average Bonchev–Trinajstić information content (AvgIpc) is 3.03. The molecule has 0 aromatic carbocycles. The summed E-state index contributed by atoms with van der Waals surface area (Å²) in [5, 5.41) is 10.3. The lowest BCUT2D eigenvalue weighted by Gasteiger charge is -2.60. The van der Waals surface area contributed by atoms with Gasteiger partial charge in [0.1, 0.15) is 5.78 Å². The Morgan fingerprint density at radius 2 is 1.66 bits per heavy atom. The highest BCUT2D eigenvalue weighted by molar-refractivity contribution is 5.79. The summed E-state index contributed by atoms with van der Waals surface area (Å²) in [6.07, 6.45) is 13.2. The van der Waals surface area contributed by atoms with Gasteiger partial charge in [-0.3, -0.25) is 4.79 Å². The van der Waals surface area contributed by atoms with Crippen molar-refractivity contribution in [3.63, 3.8) is 0 Å². The van der Waals surface area contributed by atoms with Gasteiger partial charge in [-0.2, -0.15) is 0 Å². The summed E-state index contributed by atoms with van der Waals surface area (Å²) in [6, 6.07) is 0. The van der Waals surface area contributed by atoms with Gasteiger partial charge in [-0.1, -0.05) is 34.6 Å². The van der Waals surface area contributed by atoms with Crippen molar-refractivity contribution in [3.05, 3.63) is 0 Å². The number of fused-ring (bicyclic) bond motifs is 5. The molecule has 0 aromatic rings. The van der Waals surface area contributed by atoms with Crippen LogP contribution in [-0.2, 0) is 4.79 Å². The van der Waals surface area contributed by atoms with E-state index in [-0.39, 0.29) is 6.10 Å². The first-order valence-corrected chi connectivity index (χ1v) is 12.9. The van der Waals surface area contributed by atoms with Crippen LogP contribution in [0.2, 0.25) is 0 Å². The number of ketones is 1. The molecule has 2 heteroatoms. The predicted octanol–water partition coefficient (Wildman–Crippen LogP) is 6.65. The van der Waals surface area contributed by atoms with Crippen LogP contribution in [0.4, 0.5) is 0 Å². The summed E-state index contributed by atoms with van der Waals surface area (Å²) in [4.78, 5) is 12.1. The lowest BCUT2D eigenvalue weighted by molar-refractivity contribution is -0.140. The van der Waals surface area contributed by atoms with E-state index in [4.69, 9.17) is 0 Å². The second-order valence-electron chi connectivity index (χ2n) is 12.5. The summed E-state index contributed by atoms with van der Waals surface area (Å²) < 4.78 is 0. The maximum absolute atomic E-state index is 12.1. The van der Waals surface area contributed by atoms with Crippen molar-refractivity contribution < 1.29 is 9.90 Å². The molecule has 0 saturated heterocycles. The number of aliphatic hydroxyl groups is 1. The Bertz CT molecular complexity index is 612. The number of Topliss-reactive ketones (excluding diaryl/α,β-unsaturated/α-hetero) is 1. The van der Waals surface area contributed by atoms with Crippen LogP contribution < -0.4 is 0 Å². The zero-order valence-corrected chi connectivity index (χ0v) is 19.8. The van der Waals surface area contributed by atoms with E-state index in [1.54, 1.807) is 0 Å². The monoisotopic (exact) mass is 402 g/mol. The summed E-state index contributed by atoms with van der Waals surface area (Å²) >= 11 is 0. The maximum atomic E-state index is 12.1. The van der Waals surface area contributed by atoms with Gasteiger partial charge in [0.2, 0.25) is 0 Å². The van der Waals surface area contributed by atoms with E-state index in [0.717, 1.165) is 55.3 Å². The van der Waals surface area contributed by atoms with Crippen molar-refractivity contribution in [1.82, 2.24) is 0 Å². The highest BCUT2D eigenvalue weighted by atomic mass is 16.3. The minimum absolute atomic E-state index is 0.137. The fourth-order valence-corrected chi connectivity index (χ4v) is 8.99. The second kappa shape index (κ2) is 7.95. The van der Waals surface area contributed by atoms with Gasteiger partial charge in [-0.05, 0) is 110 Å². The summed E-state index contributed by atoms with van der Waals surface area (Å²) in [6.45, 7) is 12.0. The van der Waals surface area contributed by atoms with E-state index in [1.165, 1.54) is 44.9 Å². The minimum atomic E-state index is -0.137. The van der Waals surface area contributed by atoms with Crippen molar-refractivity contribution in [2.75, 3.05) is 0 Å². The maximum Gasteiger partial charge on any atom is 0.133 e. The van der Waals surface area contributed by atoms with E-state index >= 15 is 0 Å². The number of carbonyl (C=O) groups excluding carboxylic acids is 1. The van der Waals surface area contributed by atoms with E-state index < -0.39 is 0 Å². The lowest BCUT2D eigenvalue weighted by Crippen LogP contribution is -2.53. The third kappa shape index (κ3) is 3.64. The van der Waals surface area contributed by atoms with Gasteiger partial charge in [0, 0.05) is 12.8 Å². The quantitative estimate of drug-likeness (QED) is 0.559. The van der Waals surface area contributed by atoms with Gasteiger partial charge in [0.25, 0.3) is 0 Å². The van der Waals surface area contributed by atoms with Gasteiger partial charge in [0.15, 0.2) is 0 Å². The highest BCUT2D eigenvalue weighted by Gasteiger charge is 2.60. The van der Waals surface area contributed by atoms with E-state index in [1.807, 2.05) is 0 Å². The first kappa shape index (κ1) is 21.8. The van der Waals surface area contributed by atoms with Gasteiger partial charge in [-0.15, -0.1) is 0 Å². The number of carbonyl (C=O) groups is 1.